The summed E-state index contributed by atoms with van der Waals surface area (Å²) in [4.78, 5) is 11.6. The van der Waals surface area contributed by atoms with E-state index in [9.17, 15) is 4.79 Å². The first-order chi connectivity index (χ1) is 6.95. The van der Waals surface area contributed by atoms with Crippen molar-refractivity contribution in [2.24, 2.45) is 5.41 Å². The highest BCUT2D eigenvalue weighted by Crippen LogP contribution is 2.24. The Morgan fingerprint density at radius 2 is 1.87 bits per heavy atom. The SMILES string of the molecule is CC(C)(Cc1ccc(Cl)cc1)C(=O)CBr. The molecule has 0 saturated heterocycles. The van der Waals surface area contributed by atoms with Crippen molar-refractivity contribution in [1.29, 1.82) is 0 Å². The lowest BCUT2D eigenvalue weighted by molar-refractivity contribution is -0.124. The van der Waals surface area contributed by atoms with Gasteiger partial charge in [-0.25, -0.2) is 0 Å². The monoisotopic (exact) mass is 288 g/mol. The van der Waals surface area contributed by atoms with Crippen molar-refractivity contribution in [3.8, 4) is 0 Å². The number of hydrogen-bond acceptors (Lipinski definition) is 1. The summed E-state index contributed by atoms with van der Waals surface area (Å²) >= 11 is 9.00. The number of ketones is 1. The van der Waals surface area contributed by atoms with Gasteiger partial charge in [-0.1, -0.05) is 53.5 Å². The smallest absolute Gasteiger partial charge is 0.149 e. The number of halogens is 2. The number of benzene rings is 1. The fourth-order valence-electron chi connectivity index (χ4n) is 1.39. The molecule has 0 unspecified atom stereocenters. The summed E-state index contributed by atoms with van der Waals surface area (Å²) < 4.78 is 0. The molecule has 1 rings (SSSR count). The van der Waals surface area contributed by atoms with Gasteiger partial charge in [-0.15, -0.1) is 0 Å². The minimum absolute atomic E-state index is 0.220. The van der Waals surface area contributed by atoms with E-state index in [4.69, 9.17) is 11.6 Å². The lowest BCUT2D eigenvalue weighted by Crippen LogP contribution is -2.27. The average molecular weight is 290 g/mol. The van der Waals surface area contributed by atoms with Gasteiger partial charge in [-0.3, -0.25) is 4.79 Å². The van der Waals surface area contributed by atoms with E-state index in [1.165, 1.54) is 0 Å². The van der Waals surface area contributed by atoms with E-state index in [2.05, 4.69) is 15.9 Å². The minimum Gasteiger partial charge on any atom is -0.298 e. The lowest BCUT2D eigenvalue weighted by atomic mass is 9.82. The third-order valence-corrected chi connectivity index (χ3v) is 3.20. The van der Waals surface area contributed by atoms with Crippen molar-refractivity contribution in [3.05, 3.63) is 34.9 Å². The van der Waals surface area contributed by atoms with Gasteiger partial charge in [0.15, 0.2) is 0 Å². The van der Waals surface area contributed by atoms with Gasteiger partial charge in [0.05, 0.1) is 5.33 Å². The predicted octanol–water partition coefficient (Wildman–Crippen LogP) is 3.87. The molecule has 0 spiro atoms. The first-order valence-corrected chi connectivity index (χ1v) is 6.29. The Kier molecular flexibility index (Phi) is 4.35. The first kappa shape index (κ1) is 12.7. The molecule has 1 nitrogen and oxygen atoms in total. The van der Waals surface area contributed by atoms with Gasteiger partial charge in [0.1, 0.15) is 5.78 Å². The third-order valence-electron chi connectivity index (χ3n) is 2.44. The van der Waals surface area contributed by atoms with Gasteiger partial charge < -0.3 is 0 Å². The van der Waals surface area contributed by atoms with Crippen molar-refractivity contribution < 1.29 is 4.79 Å². The van der Waals surface area contributed by atoms with Crippen LogP contribution in [0.4, 0.5) is 0 Å². The molecular weight excluding hydrogens is 275 g/mol. The van der Waals surface area contributed by atoms with E-state index in [0.29, 0.717) is 5.33 Å². The molecule has 0 fully saturated rings. The Morgan fingerprint density at radius 1 is 1.33 bits per heavy atom. The highest BCUT2D eigenvalue weighted by atomic mass is 79.9. The van der Waals surface area contributed by atoms with Crippen LogP contribution in [0.1, 0.15) is 19.4 Å². The van der Waals surface area contributed by atoms with Gasteiger partial charge in [0, 0.05) is 10.4 Å². The van der Waals surface area contributed by atoms with Crippen molar-refractivity contribution in [2.45, 2.75) is 20.3 Å². The molecule has 1 aromatic rings. The Balaban J connectivity index is 2.77. The molecule has 0 heterocycles. The maximum atomic E-state index is 11.6. The zero-order chi connectivity index (χ0) is 11.5. The first-order valence-electron chi connectivity index (χ1n) is 4.79. The van der Waals surface area contributed by atoms with Gasteiger partial charge in [-0.2, -0.15) is 0 Å². The van der Waals surface area contributed by atoms with Crippen LogP contribution in [0.15, 0.2) is 24.3 Å². The predicted molar refractivity (Wildman–Crippen MR) is 67.7 cm³/mol. The zero-order valence-electron chi connectivity index (χ0n) is 8.89. The molecule has 15 heavy (non-hydrogen) atoms. The second-order valence-electron chi connectivity index (χ2n) is 4.24. The molecule has 0 aromatic heterocycles. The highest BCUT2D eigenvalue weighted by Gasteiger charge is 2.26. The molecule has 0 bridgehead atoms. The third kappa shape index (κ3) is 3.62. The van der Waals surface area contributed by atoms with Crippen LogP contribution in [-0.4, -0.2) is 11.1 Å². The number of carbonyl (C=O) groups excluding carboxylic acids is 1. The van der Waals surface area contributed by atoms with Crippen LogP contribution in [-0.2, 0) is 11.2 Å². The summed E-state index contributed by atoms with van der Waals surface area (Å²) in [7, 11) is 0. The Morgan fingerprint density at radius 3 is 2.33 bits per heavy atom. The van der Waals surface area contributed by atoms with Crippen molar-refractivity contribution in [2.75, 3.05) is 5.33 Å². The van der Waals surface area contributed by atoms with E-state index >= 15 is 0 Å². The lowest BCUT2D eigenvalue weighted by Gasteiger charge is -2.22. The van der Waals surface area contributed by atoms with Crippen LogP contribution >= 0.6 is 27.5 Å². The second-order valence-corrected chi connectivity index (χ2v) is 5.24. The molecule has 0 aliphatic rings. The Labute approximate surface area is 104 Å². The molecule has 1 aromatic carbocycles. The van der Waals surface area contributed by atoms with Gasteiger partial charge >= 0.3 is 0 Å². The van der Waals surface area contributed by atoms with Crippen LogP contribution in [0.5, 0.6) is 0 Å². The molecule has 0 aliphatic carbocycles. The molecule has 0 radical (unpaired) electrons. The maximum absolute atomic E-state index is 11.6. The minimum atomic E-state index is -0.322. The standard InChI is InChI=1S/C12H14BrClO/c1-12(2,11(15)8-13)7-9-3-5-10(14)6-4-9/h3-6H,7-8H2,1-2H3. The fourth-order valence-corrected chi connectivity index (χ4v) is 2.28. The normalized spacial score (nSPS) is 11.5. The summed E-state index contributed by atoms with van der Waals surface area (Å²) in [5.41, 5.74) is 0.816. The van der Waals surface area contributed by atoms with Gasteiger partial charge in [0.2, 0.25) is 0 Å². The molecule has 3 heteroatoms. The summed E-state index contributed by atoms with van der Waals surface area (Å²) in [5.74, 6) is 0.220. The van der Waals surface area contributed by atoms with Gasteiger partial charge in [0.25, 0.3) is 0 Å². The van der Waals surface area contributed by atoms with E-state index < -0.39 is 0 Å². The topological polar surface area (TPSA) is 17.1 Å². The van der Waals surface area contributed by atoms with E-state index in [1.807, 2.05) is 38.1 Å². The Hall–Kier alpha value is -0.340. The second kappa shape index (κ2) is 5.13. The quantitative estimate of drug-likeness (QED) is 0.769. The number of hydrogen-bond donors (Lipinski definition) is 0. The van der Waals surface area contributed by atoms with Crippen LogP contribution in [0, 0.1) is 5.41 Å². The summed E-state index contributed by atoms with van der Waals surface area (Å²) in [6.07, 6.45) is 0.745. The Bertz CT molecular complexity index is 343. The van der Waals surface area contributed by atoms with Crippen LogP contribution in [0.3, 0.4) is 0 Å². The fraction of sp³-hybridized carbons (Fsp3) is 0.417. The molecular formula is C12H14BrClO. The average Bonchev–Trinajstić information content (AvgIpc) is 2.20. The largest absolute Gasteiger partial charge is 0.298 e. The summed E-state index contributed by atoms with van der Waals surface area (Å²) in [6, 6.07) is 7.63. The van der Waals surface area contributed by atoms with E-state index in [-0.39, 0.29) is 11.2 Å². The molecule has 82 valence electrons. The van der Waals surface area contributed by atoms with E-state index in [0.717, 1.165) is 17.0 Å². The maximum Gasteiger partial charge on any atom is 0.149 e. The molecule has 0 atom stereocenters. The van der Waals surface area contributed by atoms with Crippen molar-refractivity contribution in [3.63, 3.8) is 0 Å². The number of Topliss-reactive ketones (excluding diaryl/α,β-unsaturated/α-hetero) is 1. The van der Waals surface area contributed by atoms with Crippen LogP contribution in [0.25, 0.3) is 0 Å². The zero-order valence-corrected chi connectivity index (χ0v) is 11.2. The van der Waals surface area contributed by atoms with Crippen LogP contribution in [0.2, 0.25) is 5.02 Å². The molecule has 0 amide bonds. The number of rotatable bonds is 4. The number of carbonyl (C=O) groups is 1. The highest BCUT2D eigenvalue weighted by molar-refractivity contribution is 9.09. The van der Waals surface area contributed by atoms with Gasteiger partial charge in [-0.05, 0) is 24.1 Å². The number of alkyl halides is 1. The summed E-state index contributed by atoms with van der Waals surface area (Å²) in [6.45, 7) is 3.93. The van der Waals surface area contributed by atoms with E-state index in [1.54, 1.807) is 0 Å². The molecule has 0 saturated carbocycles. The summed E-state index contributed by atoms with van der Waals surface area (Å²) in [5, 5.41) is 1.14. The van der Waals surface area contributed by atoms with Crippen LogP contribution < -0.4 is 0 Å². The molecule has 0 aliphatic heterocycles. The van der Waals surface area contributed by atoms with Crippen molar-refractivity contribution in [1.82, 2.24) is 0 Å². The molecule has 0 N–H and O–H groups in total. The van der Waals surface area contributed by atoms with Crippen molar-refractivity contribution >= 4 is 33.3 Å².